The Kier molecular flexibility index (Phi) is 4.78. The summed E-state index contributed by atoms with van der Waals surface area (Å²) in [7, 11) is 3.70. The summed E-state index contributed by atoms with van der Waals surface area (Å²) in [6.45, 7) is 2.77. The molecule has 0 amide bonds. The molecular formula is C12H15BrN2O. The zero-order valence-corrected chi connectivity index (χ0v) is 11.3. The first-order chi connectivity index (χ1) is 7.60. The number of halogens is 1. The summed E-state index contributed by atoms with van der Waals surface area (Å²) < 4.78 is 5.94. The molecular weight excluding hydrogens is 268 g/mol. The van der Waals surface area contributed by atoms with Crippen molar-refractivity contribution in [2.24, 2.45) is 0 Å². The SMILES string of the molecule is COCC(C)N(C)c1ccc(C#N)c(Br)c1. The summed E-state index contributed by atoms with van der Waals surface area (Å²) in [6.07, 6.45) is 0. The molecule has 3 nitrogen and oxygen atoms in total. The highest BCUT2D eigenvalue weighted by Gasteiger charge is 2.10. The summed E-state index contributed by atoms with van der Waals surface area (Å²) in [5.74, 6) is 0. The molecule has 1 aromatic carbocycles. The number of nitrogens with zero attached hydrogens (tertiary/aromatic N) is 2. The third-order valence-corrected chi connectivity index (χ3v) is 3.21. The largest absolute Gasteiger partial charge is 0.383 e. The van der Waals surface area contributed by atoms with Gasteiger partial charge in [0.1, 0.15) is 6.07 Å². The number of hydrogen-bond acceptors (Lipinski definition) is 3. The molecule has 0 aliphatic carbocycles. The Morgan fingerprint density at radius 3 is 2.75 bits per heavy atom. The third-order valence-electron chi connectivity index (χ3n) is 2.55. The molecule has 0 radical (unpaired) electrons. The van der Waals surface area contributed by atoms with Gasteiger partial charge in [-0.25, -0.2) is 0 Å². The van der Waals surface area contributed by atoms with E-state index < -0.39 is 0 Å². The number of anilines is 1. The van der Waals surface area contributed by atoms with Crippen LogP contribution in [-0.4, -0.2) is 26.8 Å². The van der Waals surface area contributed by atoms with Crippen LogP contribution in [0.2, 0.25) is 0 Å². The number of ether oxygens (including phenoxy) is 1. The minimum atomic E-state index is 0.296. The highest BCUT2D eigenvalue weighted by Crippen LogP contribution is 2.24. The van der Waals surface area contributed by atoms with Gasteiger partial charge in [0.2, 0.25) is 0 Å². The predicted octanol–water partition coefficient (Wildman–Crippen LogP) is 2.79. The maximum Gasteiger partial charge on any atom is 0.100 e. The van der Waals surface area contributed by atoms with Gasteiger partial charge in [0.15, 0.2) is 0 Å². The molecule has 0 saturated carbocycles. The number of nitriles is 1. The quantitative estimate of drug-likeness (QED) is 0.852. The molecule has 0 bridgehead atoms. The smallest absolute Gasteiger partial charge is 0.100 e. The Hall–Kier alpha value is -1.05. The zero-order chi connectivity index (χ0) is 12.1. The van der Waals surface area contributed by atoms with Crippen molar-refractivity contribution in [3.05, 3.63) is 28.2 Å². The first-order valence-corrected chi connectivity index (χ1v) is 5.81. The molecule has 1 atom stereocenters. The Bertz CT molecular complexity index is 400. The Balaban J connectivity index is 2.89. The van der Waals surface area contributed by atoms with Crippen LogP contribution in [0.5, 0.6) is 0 Å². The van der Waals surface area contributed by atoms with Crippen LogP contribution in [0.25, 0.3) is 0 Å². The third kappa shape index (κ3) is 2.97. The highest BCUT2D eigenvalue weighted by atomic mass is 79.9. The first-order valence-electron chi connectivity index (χ1n) is 5.01. The van der Waals surface area contributed by atoms with Crippen molar-refractivity contribution in [1.82, 2.24) is 0 Å². The molecule has 0 saturated heterocycles. The second-order valence-corrected chi connectivity index (χ2v) is 4.55. The Morgan fingerprint density at radius 1 is 1.56 bits per heavy atom. The van der Waals surface area contributed by atoms with Crippen molar-refractivity contribution >= 4 is 21.6 Å². The number of benzene rings is 1. The molecule has 0 fully saturated rings. The van der Waals surface area contributed by atoms with E-state index in [4.69, 9.17) is 10.00 Å². The average molecular weight is 283 g/mol. The van der Waals surface area contributed by atoms with E-state index in [0.717, 1.165) is 10.2 Å². The summed E-state index contributed by atoms with van der Waals surface area (Å²) in [4.78, 5) is 2.12. The Morgan fingerprint density at radius 2 is 2.25 bits per heavy atom. The topological polar surface area (TPSA) is 36.3 Å². The number of likely N-dealkylation sites (N-methyl/N-ethyl adjacent to an activating group) is 1. The summed E-state index contributed by atoms with van der Waals surface area (Å²) in [5.41, 5.74) is 1.71. The number of hydrogen-bond donors (Lipinski definition) is 0. The molecule has 0 heterocycles. The molecule has 4 heteroatoms. The normalized spacial score (nSPS) is 11.9. The molecule has 0 aromatic heterocycles. The zero-order valence-electron chi connectivity index (χ0n) is 9.70. The van der Waals surface area contributed by atoms with E-state index in [0.29, 0.717) is 18.2 Å². The minimum Gasteiger partial charge on any atom is -0.383 e. The van der Waals surface area contributed by atoms with E-state index >= 15 is 0 Å². The lowest BCUT2D eigenvalue weighted by molar-refractivity contribution is 0.183. The molecule has 1 rings (SSSR count). The molecule has 16 heavy (non-hydrogen) atoms. The van der Waals surface area contributed by atoms with Crippen LogP contribution < -0.4 is 4.90 Å². The second-order valence-electron chi connectivity index (χ2n) is 3.69. The van der Waals surface area contributed by atoms with Crippen LogP contribution in [0, 0.1) is 11.3 Å². The summed E-state index contributed by atoms with van der Waals surface area (Å²) in [6, 6.07) is 8.13. The molecule has 86 valence electrons. The fraction of sp³-hybridized carbons (Fsp3) is 0.417. The van der Waals surface area contributed by atoms with Gasteiger partial charge in [0.25, 0.3) is 0 Å². The van der Waals surface area contributed by atoms with Crippen molar-refractivity contribution < 1.29 is 4.74 Å². The Labute approximate surface area is 105 Å². The molecule has 1 unspecified atom stereocenters. The molecule has 0 aliphatic rings. The van der Waals surface area contributed by atoms with Crippen LogP contribution in [-0.2, 0) is 4.74 Å². The highest BCUT2D eigenvalue weighted by molar-refractivity contribution is 9.10. The van der Waals surface area contributed by atoms with Gasteiger partial charge in [-0.05, 0) is 41.1 Å². The van der Waals surface area contributed by atoms with Crippen molar-refractivity contribution in [3.8, 4) is 6.07 Å². The van der Waals surface area contributed by atoms with Gasteiger partial charge < -0.3 is 9.64 Å². The first kappa shape index (κ1) is 13.0. The van der Waals surface area contributed by atoms with Crippen LogP contribution in [0.15, 0.2) is 22.7 Å². The van der Waals surface area contributed by atoms with Gasteiger partial charge in [0.05, 0.1) is 12.2 Å². The van der Waals surface area contributed by atoms with Gasteiger partial charge in [-0.15, -0.1) is 0 Å². The average Bonchev–Trinajstić information content (AvgIpc) is 2.28. The van der Waals surface area contributed by atoms with E-state index in [1.807, 2.05) is 25.2 Å². The number of methoxy groups -OCH3 is 1. The van der Waals surface area contributed by atoms with Crippen molar-refractivity contribution in [1.29, 1.82) is 5.26 Å². The van der Waals surface area contributed by atoms with Gasteiger partial charge in [0, 0.05) is 30.4 Å². The fourth-order valence-electron chi connectivity index (χ4n) is 1.42. The van der Waals surface area contributed by atoms with Crippen molar-refractivity contribution in [2.45, 2.75) is 13.0 Å². The monoisotopic (exact) mass is 282 g/mol. The van der Waals surface area contributed by atoms with Crippen molar-refractivity contribution in [2.75, 3.05) is 25.7 Å². The number of rotatable bonds is 4. The lowest BCUT2D eigenvalue weighted by Gasteiger charge is -2.26. The summed E-state index contributed by atoms with van der Waals surface area (Å²) in [5, 5.41) is 8.83. The molecule has 0 N–H and O–H groups in total. The van der Waals surface area contributed by atoms with E-state index in [1.165, 1.54) is 0 Å². The van der Waals surface area contributed by atoms with Crippen LogP contribution >= 0.6 is 15.9 Å². The van der Waals surface area contributed by atoms with Gasteiger partial charge in [-0.3, -0.25) is 0 Å². The van der Waals surface area contributed by atoms with E-state index in [-0.39, 0.29) is 0 Å². The molecule has 0 aliphatic heterocycles. The minimum absolute atomic E-state index is 0.296. The summed E-state index contributed by atoms with van der Waals surface area (Å²) >= 11 is 3.38. The molecule has 0 spiro atoms. The standard InChI is InChI=1S/C12H15BrN2O/c1-9(8-16-3)15(2)11-5-4-10(7-14)12(13)6-11/h4-6,9H,8H2,1-3H3. The van der Waals surface area contributed by atoms with Gasteiger partial charge in [-0.1, -0.05) is 0 Å². The second kappa shape index (κ2) is 5.88. The lowest BCUT2D eigenvalue weighted by atomic mass is 10.2. The maximum absolute atomic E-state index is 8.83. The van der Waals surface area contributed by atoms with E-state index in [2.05, 4.69) is 33.8 Å². The van der Waals surface area contributed by atoms with Crippen LogP contribution in [0.3, 0.4) is 0 Å². The van der Waals surface area contributed by atoms with E-state index in [1.54, 1.807) is 7.11 Å². The van der Waals surface area contributed by atoms with Crippen LogP contribution in [0.1, 0.15) is 12.5 Å². The lowest BCUT2D eigenvalue weighted by Crippen LogP contribution is -2.32. The van der Waals surface area contributed by atoms with Crippen LogP contribution in [0.4, 0.5) is 5.69 Å². The fourth-order valence-corrected chi connectivity index (χ4v) is 1.88. The van der Waals surface area contributed by atoms with Gasteiger partial charge in [-0.2, -0.15) is 5.26 Å². The van der Waals surface area contributed by atoms with E-state index in [9.17, 15) is 0 Å². The predicted molar refractivity (Wildman–Crippen MR) is 68.6 cm³/mol. The van der Waals surface area contributed by atoms with Crippen molar-refractivity contribution in [3.63, 3.8) is 0 Å². The maximum atomic E-state index is 8.83. The molecule has 1 aromatic rings. The van der Waals surface area contributed by atoms with Gasteiger partial charge >= 0.3 is 0 Å².